The van der Waals surface area contributed by atoms with Crippen molar-refractivity contribution in [2.45, 2.75) is 13.0 Å². The third-order valence-corrected chi connectivity index (χ3v) is 4.99. The lowest BCUT2D eigenvalue weighted by atomic mass is 10.1. The summed E-state index contributed by atoms with van der Waals surface area (Å²) in [5.41, 5.74) is 1.25. The van der Waals surface area contributed by atoms with Gasteiger partial charge in [-0.1, -0.05) is 11.6 Å². The van der Waals surface area contributed by atoms with Gasteiger partial charge in [-0.15, -0.1) is 11.3 Å². The number of aryl methyl sites for hydroxylation is 1. The normalized spacial score (nSPS) is 22.4. The lowest BCUT2D eigenvalue weighted by Crippen LogP contribution is -2.43. The van der Waals surface area contributed by atoms with Crippen molar-refractivity contribution in [3.05, 3.63) is 21.7 Å². The number of H-pyrrole nitrogens is 1. The van der Waals surface area contributed by atoms with Crippen molar-refractivity contribution >= 4 is 33.2 Å². The van der Waals surface area contributed by atoms with E-state index < -0.39 is 0 Å². The minimum absolute atomic E-state index is 0.393. The number of fused-ring (bicyclic) bond motifs is 1. The van der Waals surface area contributed by atoms with Gasteiger partial charge in [-0.2, -0.15) is 0 Å². The van der Waals surface area contributed by atoms with Gasteiger partial charge in [0.15, 0.2) is 0 Å². The quantitative estimate of drug-likeness (QED) is 0.834. The summed E-state index contributed by atoms with van der Waals surface area (Å²) in [6.07, 6.45) is 0. The molecular weight excluding hydrogens is 254 g/mol. The van der Waals surface area contributed by atoms with Gasteiger partial charge in [0.25, 0.3) is 0 Å². The van der Waals surface area contributed by atoms with Crippen LogP contribution in [0.3, 0.4) is 0 Å². The first-order valence-corrected chi connectivity index (χ1v) is 7.04. The Morgan fingerprint density at radius 1 is 1.53 bits per heavy atom. The van der Waals surface area contributed by atoms with Crippen molar-refractivity contribution < 1.29 is 0 Å². The first kappa shape index (κ1) is 11.5. The molecular formula is C12H16ClN3S. The van der Waals surface area contributed by atoms with Crippen LogP contribution < -0.4 is 5.32 Å². The number of aromatic nitrogens is 1. The Morgan fingerprint density at radius 2 is 2.35 bits per heavy atom. The summed E-state index contributed by atoms with van der Waals surface area (Å²) >= 11 is 8.02. The number of hydrogen-bond donors (Lipinski definition) is 2. The molecule has 2 aromatic heterocycles. The number of nitrogens with zero attached hydrogens (tertiary/aromatic N) is 1. The van der Waals surface area contributed by atoms with E-state index in [2.05, 4.69) is 35.2 Å². The van der Waals surface area contributed by atoms with Crippen molar-refractivity contribution in [1.82, 2.24) is 15.2 Å². The van der Waals surface area contributed by atoms with Crippen LogP contribution in [0.1, 0.15) is 16.6 Å². The average molecular weight is 270 g/mol. The number of likely N-dealkylation sites (N-methyl/N-ethyl adjacent to an activating group) is 1. The summed E-state index contributed by atoms with van der Waals surface area (Å²) < 4.78 is 0. The number of rotatable bonds is 1. The molecule has 1 atom stereocenters. The van der Waals surface area contributed by atoms with Crippen LogP contribution in [0.15, 0.2) is 6.07 Å². The number of hydrogen-bond acceptors (Lipinski definition) is 3. The maximum Gasteiger partial charge on any atom is 0.102 e. The highest BCUT2D eigenvalue weighted by molar-refractivity contribution is 7.19. The second-order valence-electron chi connectivity index (χ2n) is 4.71. The molecule has 1 unspecified atom stereocenters. The van der Waals surface area contributed by atoms with E-state index in [0.717, 1.165) is 24.7 Å². The fourth-order valence-electron chi connectivity index (χ4n) is 2.38. The molecule has 17 heavy (non-hydrogen) atoms. The summed E-state index contributed by atoms with van der Waals surface area (Å²) in [6.45, 7) is 5.27. The highest BCUT2D eigenvalue weighted by Crippen LogP contribution is 2.36. The molecule has 2 N–H and O–H groups in total. The number of piperazine rings is 1. The molecule has 0 spiro atoms. The molecule has 1 aliphatic rings. The van der Waals surface area contributed by atoms with Crippen LogP contribution in [0.25, 0.3) is 10.2 Å². The second-order valence-corrected chi connectivity index (χ2v) is 6.31. The molecule has 0 saturated carbocycles. The molecule has 0 amide bonds. The fourth-order valence-corrected chi connectivity index (χ4v) is 3.65. The Labute approximate surface area is 110 Å². The Hall–Kier alpha value is -0.550. The molecule has 0 radical (unpaired) electrons. The third-order valence-electron chi connectivity index (χ3n) is 3.36. The maximum absolute atomic E-state index is 6.28. The van der Waals surface area contributed by atoms with Gasteiger partial charge in [-0.3, -0.25) is 0 Å². The SMILES string of the molecule is Cc1sc2[nH]c(C3CN(C)CCN3)cc2c1Cl. The second kappa shape index (κ2) is 4.28. The van der Waals surface area contributed by atoms with Crippen LogP contribution in [-0.4, -0.2) is 36.6 Å². The van der Waals surface area contributed by atoms with Gasteiger partial charge in [0, 0.05) is 35.6 Å². The minimum atomic E-state index is 0.393. The van der Waals surface area contributed by atoms with Gasteiger partial charge in [-0.05, 0) is 20.0 Å². The smallest absolute Gasteiger partial charge is 0.102 e. The van der Waals surface area contributed by atoms with E-state index in [1.807, 2.05) is 0 Å². The number of nitrogens with one attached hydrogen (secondary N) is 2. The standard InChI is InChI=1S/C12H16ClN3S/c1-7-11(13)8-5-9(15-12(8)17-7)10-6-16(2)4-3-14-10/h5,10,14-15H,3-4,6H2,1-2H3. The summed E-state index contributed by atoms with van der Waals surface area (Å²) in [7, 11) is 2.16. The first-order chi connectivity index (χ1) is 8.15. The van der Waals surface area contributed by atoms with Crippen LogP contribution in [0.5, 0.6) is 0 Å². The molecule has 1 fully saturated rings. The predicted octanol–water partition coefficient (Wildman–Crippen LogP) is 2.77. The number of aromatic amines is 1. The van der Waals surface area contributed by atoms with Crippen molar-refractivity contribution in [2.75, 3.05) is 26.7 Å². The highest BCUT2D eigenvalue weighted by Gasteiger charge is 2.21. The highest BCUT2D eigenvalue weighted by atomic mass is 35.5. The maximum atomic E-state index is 6.28. The lowest BCUT2D eigenvalue weighted by molar-refractivity contribution is 0.239. The summed E-state index contributed by atoms with van der Waals surface area (Å²) in [5, 5.41) is 5.60. The molecule has 3 rings (SSSR count). The monoisotopic (exact) mass is 269 g/mol. The minimum Gasteiger partial charge on any atom is -0.349 e. The van der Waals surface area contributed by atoms with Gasteiger partial charge in [0.2, 0.25) is 0 Å². The van der Waals surface area contributed by atoms with E-state index in [0.29, 0.717) is 6.04 Å². The van der Waals surface area contributed by atoms with Crippen LogP contribution in [0, 0.1) is 6.92 Å². The molecule has 1 saturated heterocycles. The van der Waals surface area contributed by atoms with Crippen molar-refractivity contribution in [3.63, 3.8) is 0 Å². The Kier molecular flexibility index (Phi) is 2.91. The summed E-state index contributed by atoms with van der Waals surface area (Å²) in [5.74, 6) is 0. The summed E-state index contributed by atoms with van der Waals surface area (Å²) in [4.78, 5) is 8.22. The lowest BCUT2D eigenvalue weighted by Gasteiger charge is -2.30. The van der Waals surface area contributed by atoms with Crippen molar-refractivity contribution in [1.29, 1.82) is 0 Å². The molecule has 2 aromatic rings. The molecule has 1 aliphatic heterocycles. The summed E-state index contributed by atoms with van der Waals surface area (Å²) in [6, 6.07) is 2.59. The molecule has 92 valence electrons. The Bertz CT molecular complexity index is 545. The van der Waals surface area contributed by atoms with Crippen molar-refractivity contribution in [3.8, 4) is 0 Å². The molecule has 3 heterocycles. The van der Waals surface area contributed by atoms with E-state index in [1.165, 1.54) is 20.8 Å². The van der Waals surface area contributed by atoms with Crippen molar-refractivity contribution in [2.24, 2.45) is 0 Å². The molecule has 0 bridgehead atoms. The van der Waals surface area contributed by atoms with Gasteiger partial charge >= 0.3 is 0 Å². The largest absolute Gasteiger partial charge is 0.349 e. The predicted molar refractivity (Wildman–Crippen MR) is 74.2 cm³/mol. The van der Waals surface area contributed by atoms with Gasteiger partial charge < -0.3 is 15.2 Å². The number of halogens is 1. The number of thiophene rings is 1. The Morgan fingerprint density at radius 3 is 3.06 bits per heavy atom. The van der Waals surface area contributed by atoms with Gasteiger partial charge in [-0.25, -0.2) is 0 Å². The zero-order valence-electron chi connectivity index (χ0n) is 10.0. The first-order valence-electron chi connectivity index (χ1n) is 5.84. The van der Waals surface area contributed by atoms with E-state index in [-0.39, 0.29) is 0 Å². The Balaban J connectivity index is 1.95. The van der Waals surface area contributed by atoms with Crippen LogP contribution in [0.4, 0.5) is 0 Å². The fraction of sp³-hybridized carbons (Fsp3) is 0.500. The zero-order valence-corrected chi connectivity index (χ0v) is 11.6. The van der Waals surface area contributed by atoms with Crippen LogP contribution in [-0.2, 0) is 0 Å². The van der Waals surface area contributed by atoms with E-state index in [4.69, 9.17) is 11.6 Å². The van der Waals surface area contributed by atoms with E-state index >= 15 is 0 Å². The third kappa shape index (κ3) is 1.99. The van der Waals surface area contributed by atoms with E-state index in [1.54, 1.807) is 11.3 Å². The zero-order chi connectivity index (χ0) is 12.0. The van der Waals surface area contributed by atoms with E-state index in [9.17, 15) is 0 Å². The topological polar surface area (TPSA) is 31.1 Å². The molecule has 0 aliphatic carbocycles. The van der Waals surface area contributed by atoms with Crippen LogP contribution >= 0.6 is 22.9 Å². The molecule has 3 nitrogen and oxygen atoms in total. The average Bonchev–Trinajstić information content (AvgIpc) is 2.81. The van der Waals surface area contributed by atoms with Crippen LogP contribution in [0.2, 0.25) is 5.02 Å². The molecule has 5 heteroatoms. The van der Waals surface area contributed by atoms with Gasteiger partial charge in [0.05, 0.1) is 11.1 Å². The molecule has 0 aromatic carbocycles. The van der Waals surface area contributed by atoms with Gasteiger partial charge in [0.1, 0.15) is 4.83 Å².